The molecule has 13 heterocycles. The first-order chi connectivity index (χ1) is 52.9. The van der Waals surface area contributed by atoms with E-state index in [1.54, 1.807) is 58.3 Å². The number of ether oxygens (including phenoxy) is 2. The second kappa shape index (κ2) is 33.8. The highest BCUT2D eigenvalue weighted by Gasteiger charge is 2.53. The van der Waals surface area contributed by atoms with Crippen LogP contribution in [0, 0.1) is 11.8 Å². The molecule has 115 heavy (non-hydrogen) atoms. The molecule has 4 amide bonds. The average Bonchev–Trinajstić information content (AvgIpc) is 1.68. The number of hydrogen-bond donors (Lipinski definition) is 4. The van der Waals surface area contributed by atoms with Crippen molar-refractivity contribution < 1.29 is 57.6 Å². The Morgan fingerprint density at radius 2 is 0.948 bits per heavy atom. The van der Waals surface area contributed by atoms with Crippen molar-refractivity contribution in [2.75, 3.05) is 59.7 Å². The highest BCUT2D eigenvalue weighted by molar-refractivity contribution is 9.10. The van der Waals surface area contributed by atoms with Crippen LogP contribution in [0.2, 0.25) is 0 Å². The van der Waals surface area contributed by atoms with Crippen LogP contribution in [0.15, 0.2) is 129 Å². The fourth-order valence-corrected chi connectivity index (χ4v) is 17.4. The van der Waals surface area contributed by atoms with Gasteiger partial charge in [-0.1, -0.05) is 85.4 Å². The normalized spacial score (nSPS) is 22.3. The molecule has 0 aromatic carbocycles. The van der Waals surface area contributed by atoms with Gasteiger partial charge in [0.25, 0.3) is 31.9 Å². The largest absolute Gasteiger partial charge is 0.490 e. The Balaban J connectivity index is 0.000000233. The van der Waals surface area contributed by atoms with E-state index in [0.29, 0.717) is 81.3 Å². The van der Waals surface area contributed by atoms with E-state index in [9.17, 15) is 36.0 Å². The van der Waals surface area contributed by atoms with Crippen molar-refractivity contribution in [1.82, 2.24) is 49.1 Å². The molecule has 0 spiro atoms. The Kier molecular flexibility index (Phi) is 26.1. The zero-order chi connectivity index (χ0) is 83.3. The number of fused-ring (bicyclic) bond motifs is 12. The van der Waals surface area contributed by atoms with Crippen LogP contribution < -0.4 is 29.9 Å². The van der Waals surface area contributed by atoms with Gasteiger partial charge < -0.3 is 49.0 Å². The molecule has 13 rings (SSSR count). The predicted molar refractivity (Wildman–Crippen MR) is 458 cm³/mol. The first-order valence-corrected chi connectivity index (χ1v) is 43.2. The topological polar surface area (TPSA) is 312 Å². The van der Waals surface area contributed by atoms with Crippen LogP contribution in [0.5, 0.6) is 0 Å². The van der Waals surface area contributed by atoms with Gasteiger partial charge in [0.05, 0.1) is 51.5 Å². The molecule has 26 nitrogen and oxygen atoms in total. The van der Waals surface area contributed by atoms with Crippen LogP contribution in [-0.4, -0.2) is 160 Å². The first-order valence-electron chi connectivity index (χ1n) is 39.4. The maximum absolute atomic E-state index is 13.8. The van der Waals surface area contributed by atoms with E-state index in [1.807, 2.05) is 118 Å². The smallest absolute Gasteiger partial charge is 0.444 e. The average molecular weight is 1690 g/mol. The van der Waals surface area contributed by atoms with Gasteiger partial charge >= 0.3 is 19.3 Å². The minimum atomic E-state index is -4.33. The monoisotopic (exact) mass is 1680 g/mol. The van der Waals surface area contributed by atoms with Gasteiger partial charge in [-0.2, -0.15) is 16.8 Å². The molecule has 30 heteroatoms. The number of halogens is 1. The molecule has 3 saturated heterocycles. The number of carbonyl (C=O) groups excluding carboxylic acids is 4. The number of aromatic nitrogens is 6. The second-order valence-electron chi connectivity index (χ2n) is 37.0. The predicted octanol–water partition coefficient (Wildman–Crippen LogP) is 16.8. The highest BCUT2D eigenvalue weighted by atomic mass is 79.9. The molecule has 4 atom stereocenters. The fraction of sp³-hybridized carbons (Fsp3) is 0.553. The summed E-state index contributed by atoms with van der Waals surface area (Å²) in [6.07, 6.45) is 9.80. The summed E-state index contributed by atoms with van der Waals surface area (Å²) >= 11 is 3.47. The number of anilines is 4. The maximum Gasteiger partial charge on any atom is 0.490 e. The van der Waals surface area contributed by atoms with Crippen LogP contribution in [0.25, 0.3) is 5.57 Å². The number of carbonyl (C=O) groups is 4. The maximum atomic E-state index is 13.8. The zero-order valence-corrected chi connectivity index (χ0v) is 73.0. The van der Waals surface area contributed by atoms with Gasteiger partial charge in [0.15, 0.2) is 10.1 Å². The third kappa shape index (κ3) is 21.6. The summed E-state index contributed by atoms with van der Waals surface area (Å²) in [6, 6.07) is 27.6. The Bertz CT molecular complexity index is 4910. The number of nitrogens with one attached hydrogen (secondary N) is 4. The van der Waals surface area contributed by atoms with Gasteiger partial charge in [-0.25, -0.2) is 44.0 Å². The summed E-state index contributed by atoms with van der Waals surface area (Å²) in [6.45, 7) is 43.9. The zero-order valence-electron chi connectivity index (χ0n) is 69.7. The SMILES string of the molecule is C.CC(C)(C)OC(=O)N1CC=C(B2OC(C)(C)C(C)(C)O2)CC1.CC(C)(C)OC(=O)N1CC=C(c2cccc([C@H]3CC[C@@H]4CN(c5nc(C(C)(C)C)ccc5C(=O)NS(=O)(=O)c5cccc(n5)N3)C(C)(C)C4)n2)CC1.CC(C)(C)c1ccc2c(n1)N1C[C@@H](CC[C@H](c3cccc(Br)n3)Nc3cccc(n3)S(=O)(=O)NC2=O)CC1(C)C.[HH].[HH]. The second-order valence-corrected chi connectivity index (χ2v) is 41.1. The van der Waals surface area contributed by atoms with E-state index in [0.717, 1.165) is 82.6 Å². The lowest BCUT2D eigenvalue weighted by molar-refractivity contribution is 0.00578. The van der Waals surface area contributed by atoms with Gasteiger partial charge in [-0.15, -0.1) is 0 Å². The van der Waals surface area contributed by atoms with Crippen LogP contribution in [0.4, 0.5) is 32.9 Å². The molecule has 7 aliphatic heterocycles. The van der Waals surface area contributed by atoms with E-state index >= 15 is 0 Å². The molecule has 8 bridgehead atoms. The fourth-order valence-electron chi connectivity index (χ4n) is 15.1. The summed E-state index contributed by atoms with van der Waals surface area (Å²) in [5.74, 6) is 0.865. The minimum absolute atomic E-state index is 0. The summed E-state index contributed by atoms with van der Waals surface area (Å²) in [4.78, 5) is 88.4. The van der Waals surface area contributed by atoms with E-state index in [2.05, 4.69) is 130 Å². The van der Waals surface area contributed by atoms with Crippen LogP contribution in [0.1, 0.15) is 261 Å². The lowest BCUT2D eigenvalue weighted by atomic mass is 9.75. The molecule has 6 aromatic heterocycles. The van der Waals surface area contributed by atoms with Crippen molar-refractivity contribution in [3.05, 3.63) is 159 Å². The van der Waals surface area contributed by atoms with Gasteiger partial charge in [0.2, 0.25) is 0 Å². The standard InChI is InChI=1S/C39H51N7O5S.C29H35BrN6O3S.C16H28BNO4.CH4.2H2/c1-37(2,3)31-18-16-27-34(42-31)46-24-25(23-39(46,7)8)15-17-30(41-32-13-10-14-33(43-32)52(49,50)44-35(27)47)29-12-9-11-28(40-29)26-19-21-45(22-20-26)36(48)51-38(4,5)6;1-28(2,3)22-15-13-19-26(33-22)36-17-18(16-29(36,4)5)12-14-21(20-8-6-9-23(30)31-20)32-24-10-7-11-25(34-24)40(38,39)35-27(19)37;1-14(2,3)20-13(19)18-10-8-12(9-11-18)17-21-15(4,5)16(6,7)22-17;;;/h9-14,16,18-19,25,30H,15,17,20-24H2,1-8H3,(H,41,43)(H,44,47);6-11,13,15,18,21H,12,14,16-17H2,1-5H3,(H,32,34)(H,35,37);8H,9-11H2,1-7H3;1H4;2*1H/t25-,30+;18-,21+;;;;/m00..../s1. The Hall–Kier alpha value is -8.58. The lowest BCUT2D eigenvalue weighted by Crippen LogP contribution is -2.41. The number of pyridine rings is 6. The number of hydrogen-bond acceptors (Lipinski definition) is 22. The van der Waals surface area contributed by atoms with E-state index < -0.39 is 43.1 Å². The highest BCUT2D eigenvalue weighted by Crippen LogP contribution is 2.45. The molecule has 3 fully saturated rings. The molecule has 4 N–H and O–H groups in total. The van der Waals surface area contributed by atoms with E-state index in [-0.39, 0.29) is 102 Å². The number of rotatable bonds is 4. The lowest BCUT2D eigenvalue weighted by Gasteiger charge is -2.34. The van der Waals surface area contributed by atoms with Crippen molar-refractivity contribution in [1.29, 1.82) is 0 Å². The number of sulfonamides is 2. The number of amides is 4. The number of nitrogens with zero attached hydrogens (tertiary/aromatic N) is 10. The summed E-state index contributed by atoms with van der Waals surface area (Å²) in [7, 11) is -8.91. The Morgan fingerprint density at radius 3 is 1.35 bits per heavy atom. The van der Waals surface area contributed by atoms with Crippen molar-refractivity contribution in [2.45, 2.75) is 264 Å². The minimum Gasteiger partial charge on any atom is -0.444 e. The van der Waals surface area contributed by atoms with Crippen molar-refractivity contribution in [3.8, 4) is 0 Å². The van der Waals surface area contributed by atoms with Gasteiger partial charge in [0, 0.05) is 75.4 Å². The molecule has 0 unspecified atom stereocenters. The molecule has 6 aromatic rings. The molecular weight excluding hydrogens is 1560 g/mol. The van der Waals surface area contributed by atoms with Crippen LogP contribution >= 0.6 is 15.9 Å². The molecule has 0 saturated carbocycles. The van der Waals surface area contributed by atoms with Crippen LogP contribution in [-0.2, 0) is 49.7 Å². The third-order valence-corrected chi connectivity index (χ3v) is 24.8. The molecule has 0 radical (unpaired) electrons. The van der Waals surface area contributed by atoms with Crippen molar-refractivity contribution in [2.24, 2.45) is 11.8 Å². The van der Waals surface area contributed by atoms with Gasteiger partial charge in [0.1, 0.15) is 39.1 Å². The van der Waals surface area contributed by atoms with Crippen LogP contribution in [0.3, 0.4) is 0 Å². The third-order valence-electron chi connectivity index (χ3n) is 21.9. The van der Waals surface area contributed by atoms with E-state index in [1.165, 1.54) is 12.1 Å². The Morgan fingerprint density at radius 1 is 0.530 bits per heavy atom. The molecular formula is C85H122BBrN14O12S2. The first kappa shape index (κ1) is 88.8. The molecule has 626 valence electrons. The van der Waals surface area contributed by atoms with Crippen molar-refractivity contribution >= 4 is 95.9 Å². The van der Waals surface area contributed by atoms with Crippen molar-refractivity contribution in [3.63, 3.8) is 0 Å². The molecule has 7 aliphatic rings. The van der Waals surface area contributed by atoms with E-state index in [4.69, 9.17) is 33.7 Å². The molecule has 0 aliphatic carbocycles. The van der Waals surface area contributed by atoms with Gasteiger partial charge in [-0.3, -0.25) is 14.6 Å². The summed E-state index contributed by atoms with van der Waals surface area (Å²) in [5.41, 5.74) is 3.85. The Labute approximate surface area is 692 Å². The summed E-state index contributed by atoms with van der Waals surface area (Å²) in [5, 5.41) is 6.37. The quantitative estimate of drug-likeness (QED) is 0.0941. The van der Waals surface area contributed by atoms with Gasteiger partial charge in [-0.05, 0) is 260 Å². The summed E-state index contributed by atoms with van der Waals surface area (Å²) < 4.78 is 82.3.